The van der Waals surface area contributed by atoms with Crippen LogP contribution in [0.4, 0.5) is 0 Å². The van der Waals surface area contributed by atoms with Crippen LogP contribution < -0.4 is 5.32 Å². The first-order valence-corrected chi connectivity index (χ1v) is 8.06. The molecule has 1 fully saturated rings. The monoisotopic (exact) mass is 274 g/mol. The summed E-state index contributed by atoms with van der Waals surface area (Å²) in [5.74, 6) is 0. The first kappa shape index (κ1) is 15.7. The van der Waals surface area contributed by atoms with Crippen LogP contribution in [0, 0.1) is 0 Å². The van der Waals surface area contributed by atoms with Gasteiger partial charge >= 0.3 is 0 Å². The molecule has 0 spiro atoms. The molecular weight excluding hydrogens is 248 g/mol. The molecule has 0 aromatic heterocycles. The number of sulfonamides is 1. The van der Waals surface area contributed by atoms with Crippen molar-refractivity contribution >= 4 is 10.0 Å². The van der Waals surface area contributed by atoms with Crippen LogP contribution >= 0.6 is 0 Å². The molecule has 18 heavy (non-hydrogen) atoms. The first-order valence-electron chi connectivity index (χ1n) is 6.55. The van der Waals surface area contributed by atoms with Crippen molar-refractivity contribution in [1.29, 1.82) is 0 Å². The van der Waals surface area contributed by atoms with Gasteiger partial charge in [-0.25, -0.2) is 8.42 Å². The Bertz CT molecular complexity index is 380. The number of nitrogens with zero attached hydrogens (tertiary/aromatic N) is 1. The van der Waals surface area contributed by atoms with Gasteiger partial charge in [0, 0.05) is 24.7 Å². The summed E-state index contributed by atoms with van der Waals surface area (Å²) in [6, 6.07) is 0.533. The summed E-state index contributed by atoms with van der Waals surface area (Å²) in [6.07, 6.45) is 3.98. The summed E-state index contributed by atoms with van der Waals surface area (Å²) in [7, 11) is -3.29. The van der Waals surface area contributed by atoms with Crippen LogP contribution in [0.1, 0.15) is 40.5 Å². The van der Waals surface area contributed by atoms with Gasteiger partial charge in [-0.3, -0.25) is 0 Å². The largest absolute Gasteiger partial charge is 0.313 e. The normalized spacial score (nSPS) is 18.9. The van der Waals surface area contributed by atoms with Crippen LogP contribution in [0.2, 0.25) is 0 Å². The zero-order chi connectivity index (χ0) is 14.0. The Morgan fingerprint density at radius 2 is 2.00 bits per heavy atom. The van der Waals surface area contributed by atoms with Crippen LogP contribution in [0.3, 0.4) is 0 Å². The summed E-state index contributed by atoms with van der Waals surface area (Å²) in [4.78, 5) is 0. The van der Waals surface area contributed by atoms with Gasteiger partial charge in [0.25, 0.3) is 0 Å². The molecule has 0 saturated heterocycles. The molecule has 0 amide bonds. The maximum atomic E-state index is 12.5. The molecule has 1 aliphatic carbocycles. The summed E-state index contributed by atoms with van der Waals surface area (Å²) in [6.45, 7) is 12.0. The minimum atomic E-state index is -3.29. The molecule has 4 nitrogen and oxygen atoms in total. The highest BCUT2D eigenvalue weighted by Crippen LogP contribution is 2.22. The predicted octanol–water partition coefficient (Wildman–Crippen LogP) is 1.74. The minimum Gasteiger partial charge on any atom is -0.313 e. The first-order chi connectivity index (χ1) is 8.19. The van der Waals surface area contributed by atoms with Crippen LogP contribution in [0.15, 0.2) is 12.7 Å². The second kappa shape index (κ2) is 5.72. The quantitative estimate of drug-likeness (QED) is 0.720. The van der Waals surface area contributed by atoms with Crippen molar-refractivity contribution in [3.8, 4) is 0 Å². The van der Waals surface area contributed by atoms with E-state index in [-0.39, 0.29) is 0 Å². The highest BCUT2D eigenvalue weighted by Gasteiger charge is 2.36. The summed E-state index contributed by atoms with van der Waals surface area (Å²) in [5.41, 5.74) is -0.416. The van der Waals surface area contributed by atoms with Crippen molar-refractivity contribution in [1.82, 2.24) is 9.62 Å². The molecule has 106 valence electrons. The van der Waals surface area contributed by atoms with Gasteiger partial charge < -0.3 is 5.32 Å². The van der Waals surface area contributed by atoms with Crippen molar-refractivity contribution in [2.24, 2.45) is 0 Å². The molecule has 1 N–H and O–H groups in total. The van der Waals surface area contributed by atoms with Crippen molar-refractivity contribution < 1.29 is 8.42 Å². The molecule has 0 bridgehead atoms. The minimum absolute atomic E-state index is 0.361. The molecule has 0 aromatic rings. The Morgan fingerprint density at radius 3 is 2.39 bits per heavy atom. The van der Waals surface area contributed by atoms with Gasteiger partial charge in [0.15, 0.2) is 0 Å². The highest BCUT2D eigenvalue weighted by molar-refractivity contribution is 7.89. The number of hydrogen-bond acceptors (Lipinski definition) is 3. The van der Waals surface area contributed by atoms with Crippen LogP contribution in [0.5, 0.6) is 0 Å². The van der Waals surface area contributed by atoms with Crippen LogP contribution in [-0.2, 0) is 10.0 Å². The van der Waals surface area contributed by atoms with Crippen LogP contribution in [-0.4, -0.2) is 42.6 Å². The highest BCUT2D eigenvalue weighted by atomic mass is 32.2. The maximum Gasteiger partial charge on any atom is 0.218 e. The van der Waals surface area contributed by atoms with Crippen LogP contribution in [0.25, 0.3) is 0 Å². The number of rotatable bonds is 7. The van der Waals surface area contributed by atoms with Gasteiger partial charge in [-0.1, -0.05) is 6.08 Å². The van der Waals surface area contributed by atoms with Crippen molar-refractivity contribution in [2.45, 2.75) is 57.4 Å². The van der Waals surface area contributed by atoms with E-state index in [4.69, 9.17) is 0 Å². The Balaban J connectivity index is 2.75. The lowest BCUT2D eigenvalue weighted by molar-refractivity contribution is 0.267. The van der Waals surface area contributed by atoms with Gasteiger partial charge in [-0.2, -0.15) is 4.31 Å². The topological polar surface area (TPSA) is 49.4 Å². The summed E-state index contributed by atoms with van der Waals surface area (Å²) >= 11 is 0. The van der Waals surface area contributed by atoms with E-state index in [1.54, 1.807) is 13.0 Å². The smallest absolute Gasteiger partial charge is 0.218 e. The third kappa shape index (κ3) is 4.07. The lowest BCUT2D eigenvalue weighted by Crippen LogP contribution is -2.50. The van der Waals surface area contributed by atoms with Crippen molar-refractivity contribution in [3.63, 3.8) is 0 Å². The summed E-state index contributed by atoms with van der Waals surface area (Å²) in [5, 5.41) is 2.87. The molecular formula is C13H26N2O2S. The standard InChI is InChI=1S/C13H26N2O2S/c1-6-9-15(13(3,4)5)18(16,17)11(2)10-14-12-7-8-12/h6,11-12,14H,1,7-10H2,2-5H3. The predicted molar refractivity (Wildman–Crippen MR) is 76.1 cm³/mol. The van der Waals surface area contributed by atoms with E-state index in [0.29, 0.717) is 19.1 Å². The van der Waals surface area contributed by atoms with Gasteiger partial charge in [0.1, 0.15) is 0 Å². The van der Waals surface area contributed by atoms with E-state index >= 15 is 0 Å². The van der Waals surface area contributed by atoms with E-state index in [2.05, 4.69) is 11.9 Å². The second-order valence-corrected chi connectivity index (χ2v) is 8.30. The molecule has 0 aromatic carbocycles. The molecule has 1 rings (SSSR count). The molecule has 0 radical (unpaired) electrons. The average molecular weight is 274 g/mol. The van der Waals surface area contributed by atoms with Gasteiger partial charge in [0.2, 0.25) is 10.0 Å². The molecule has 1 atom stereocenters. The zero-order valence-electron chi connectivity index (χ0n) is 11.9. The zero-order valence-corrected chi connectivity index (χ0v) is 12.8. The molecule has 1 aliphatic rings. The Labute approximate surface area is 111 Å². The van der Waals surface area contributed by atoms with Gasteiger partial charge in [-0.15, -0.1) is 6.58 Å². The van der Waals surface area contributed by atoms with Gasteiger partial charge in [0.05, 0.1) is 5.25 Å². The Kier molecular flexibility index (Phi) is 4.98. The Morgan fingerprint density at radius 1 is 1.44 bits per heavy atom. The molecule has 0 aliphatic heterocycles. The SMILES string of the molecule is C=CCN(C(C)(C)C)S(=O)(=O)C(C)CNC1CC1. The molecule has 5 heteroatoms. The lowest BCUT2D eigenvalue weighted by atomic mass is 10.1. The molecule has 1 saturated carbocycles. The van der Waals surface area contributed by atoms with E-state index in [9.17, 15) is 8.42 Å². The van der Waals surface area contributed by atoms with E-state index in [1.807, 2.05) is 20.8 Å². The maximum absolute atomic E-state index is 12.5. The summed E-state index contributed by atoms with van der Waals surface area (Å²) < 4.78 is 26.6. The fourth-order valence-corrected chi connectivity index (χ4v) is 3.64. The van der Waals surface area contributed by atoms with E-state index in [0.717, 1.165) is 0 Å². The van der Waals surface area contributed by atoms with Gasteiger partial charge in [-0.05, 0) is 40.5 Å². The number of hydrogen-bond donors (Lipinski definition) is 1. The Hall–Kier alpha value is -0.390. The number of nitrogens with one attached hydrogen (secondary N) is 1. The fraction of sp³-hybridized carbons (Fsp3) is 0.846. The molecule has 1 unspecified atom stereocenters. The van der Waals surface area contributed by atoms with Crippen molar-refractivity contribution in [3.05, 3.63) is 12.7 Å². The molecule has 0 heterocycles. The van der Waals surface area contributed by atoms with E-state index in [1.165, 1.54) is 17.1 Å². The lowest BCUT2D eigenvalue weighted by Gasteiger charge is -2.35. The average Bonchev–Trinajstić information content (AvgIpc) is 3.04. The third-order valence-electron chi connectivity index (χ3n) is 3.13. The van der Waals surface area contributed by atoms with Crippen molar-refractivity contribution in [2.75, 3.05) is 13.1 Å². The second-order valence-electron chi connectivity index (χ2n) is 6.03. The fourth-order valence-electron chi connectivity index (χ4n) is 1.82. The van der Waals surface area contributed by atoms with E-state index < -0.39 is 20.8 Å². The third-order valence-corrected chi connectivity index (χ3v) is 5.62.